The average molecular weight is 219 g/mol. The van der Waals surface area contributed by atoms with Gasteiger partial charge in [-0.3, -0.25) is 0 Å². The van der Waals surface area contributed by atoms with Crippen LogP contribution in [0.25, 0.3) is 0 Å². The molecule has 2 rings (SSSR count). The molecule has 1 aliphatic rings. The maximum absolute atomic E-state index is 5.62. The van der Waals surface area contributed by atoms with Crippen LogP contribution in [0.4, 0.5) is 0 Å². The Bertz CT molecular complexity index is 436. The van der Waals surface area contributed by atoms with E-state index in [-0.39, 0.29) is 5.54 Å². The van der Waals surface area contributed by atoms with Gasteiger partial charge in [-0.2, -0.15) is 0 Å². The molecule has 1 heterocycles. The molecule has 0 fully saturated rings. The minimum Gasteiger partial charge on any atom is -0.497 e. The average Bonchev–Trinajstić information content (AvgIpc) is 2.58. The number of aryl methyl sites for hydroxylation is 1. The molecular weight excluding hydrogens is 202 g/mol. The van der Waals surface area contributed by atoms with Gasteiger partial charge in [0.05, 0.1) is 12.6 Å². The molecule has 0 unspecified atom stereocenters. The number of nitrogens with zero attached hydrogens (tertiary/aromatic N) is 1. The molecule has 0 aromatic heterocycles. The molecule has 86 valence electrons. The van der Waals surface area contributed by atoms with Crippen molar-refractivity contribution in [3.8, 4) is 5.75 Å². The Hall–Kier alpha value is -1.51. The first-order valence-electron chi connectivity index (χ1n) is 5.39. The molecule has 3 nitrogen and oxygen atoms in total. The number of hydrogen-bond acceptors (Lipinski definition) is 3. The summed E-state index contributed by atoms with van der Waals surface area (Å²) in [5.41, 5.74) is 2.06. The van der Waals surface area contributed by atoms with E-state index in [1.54, 1.807) is 7.11 Å². The Morgan fingerprint density at radius 3 is 2.62 bits per heavy atom. The van der Waals surface area contributed by atoms with Crippen molar-refractivity contribution in [1.29, 1.82) is 0 Å². The summed E-state index contributed by atoms with van der Waals surface area (Å²) in [4.78, 5) is 4.56. The van der Waals surface area contributed by atoms with Crippen LogP contribution >= 0.6 is 0 Å². The summed E-state index contributed by atoms with van der Waals surface area (Å²) < 4.78 is 10.8. The van der Waals surface area contributed by atoms with Crippen LogP contribution in [-0.2, 0) is 4.74 Å². The van der Waals surface area contributed by atoms with E-state index < -0.39 is 0 Å². The molecule has 0 saturated carbocycles. The third-order valence-electron chi connectivity index (χ3n) is 2.63. The van der Waals surface area contributed by atoms with Gasteiger partial charge in [0, 0.05) is 5.56 Å². The molecule has 0 amide bonds. The fraction of sp³-hybridized carbons (Fsp3) is 0.462. The Morgan fingerprint density at radius 2 is 2.12 bits per heavy atom. The fourth-order valence-electron chi connectivity index (χ4n) is 1.73. The van der Waals surface area contributed by atoms with Gasteiger partial charge in [-0.25, -0.2) is 4.99 Å². The molecule has 1 aromatic carbocycles. The predicted molar refractivity (Wildman–Crippen MR) is 64.3 cm³/mol. The van der Waals surface area contributed by atoms with Crippen LogP contribution in [0, 0.1) is 6.92 Å². The van der Waals surface area contributed by atoms with Crippen molar-refractivity contribution in [2.24, 2.45) is 4.99 Å². The maximum Gasteiger partial charge on any atom is 0.217 e. The van der Waals surface area contributed by atoms with E-state index in [0.717, 1.165) is 22.8 Å². The van der Waals surface area contributed by atoms with Crippen molar-refractivity contribution in [3.63, 3.8) is 0 Å². The van der Waals surface area contributed by atoms with Crippen LogP contribution in [0.1, 0.15) is 25.0 Å². The second kappa shape index (κ2) is 3.81. The first-order chi connectivity index (χ1) is 7.52. The Kier molecular flexibility index (Phi) is 2.62. The molecule has 0 saturated heterocycles. The molecule has 0 spiro atoms. The van der Waals surface area contributed by atoms with Crippen molar-refractivity contribution >= 4 is 5.90 Å². The van der Waals surface area contributed by atoms with Crippen molar-refractivity contribution in [1.82, 2.24) is 0 Å². The second-order valence-corrected chi connectivity index (χ2v) is 4.70. The molecule has 3 heteroatoms. The van der Waals surface area contributed by atoms with Crippen LogP contribution in [0.3, 0.4) is 0 Å². The van der Waals surface area contributed by atoms with E-state index >= 15 is 0 Å². The van der Waals surface area contributed by atoms with Crippen LogP contribution in [0.15, 0.2) is 23.2 Å². The maximum atomic E-state index is 5.62. The summed E-state index contributed by atoms with van der Waals surface area (Å²) in [6.45, 7) is 6.82. The summed E-state index contributed by atoms with van der Waals surface area (Å²) in [5.74, 6) is 1.60. The summed E-state index contributed by atoms with van der Waals surface area (Å²) in [5, 5.41) is 0. The van der Waals surface area contributed by atoms with E-state index in [9.17, 15) is 0 Å². The summed E-state index contributed by atoms with van der Waals surface area (Å²) in [6.07, 6.45) is 0. The van der Waals surface area contributed by atoms with Crippen LogP contribution in [0.2, 0.25) is 0 Å². The summed E-state index contributed by atoms with van der Waals surface area (Å²) in [6, 6.07) is 5.92. The number of rotatable bonds is 2. The lowest BCUT2D eigenvalue weighted by atomic mass is 10.1. The lowest BCUT2D eigenvalue weighted by molar-refractivity contribution is 0.279. The van der Waals surface area contributed by atoms with E-state index in [0.29, 0.717) is 6.61 Å². The molecule has 1 aromatic rings. The van der Waals surface area contributed by atoms with Gasteiger partial charge in [0.25, 0.3) is 0 Å². The highest BCUT2D eigenvalue weighted by Crippen LogP contribution is 2.24. The number of hydrogen-bond donors (Lipinski definition) is 0. The van der Waals surface area contributed by atoms with Gasteiger partial charge in [0.2, 0.25) is 5.90 Å². The summed E-state index contributed by atoms with van der Waals surface area (Å²) >= 11 is 0. The molecule has 0 bridgehead atoms. The first-order valence-corrected chi connectivity index (χ1v) is 5.39. The van der Waals surface area contributed by atoms with Crippen LogP contribution in [-0.4, -0.2) is 25.2 Å². The SMILES string of the molecule is COc1ccc(C2=NC(C)(C)CO2)c(C)c1. The molecular formula is C13H17NO2. The van der Waals surface area contributed by atoms with Gasteiger partial charge in [0.1, 0.15) is 12.4 Å². The molecule has 0 atom stereocenters. The second-order valence-electron chi connectivity index (χ2n) is 4.70. The molecule has 0 radical (unpaired) electrons. The molecule has 0 aliphatic carbocycles. The van der Waals surface area contributed by atoms with Crippen LogP contribution < -0.4 is 4.74 Å². The third kappa shape index (κ3) is 2.03. The topological polar surface area (TPSA) is 30.8 Å². The highest BCUT2D eigenvalue weighted by molar-refractivity contribution is 5.96. The number of benzene rings is 1. The largest absolute Gasteiger partial charge is 0.497 e. The number of methoxy groups -OCH3 is 1. The zero-order valence-corrected chi connectivity index (χ0v) is 10.2. The van der Waals surface area contributed by atoms with E-state index in [1.807, 2.05) is 25.1 Å². The fourth-order valence-corrected chi connectivity index (χ4v) is 1.73. The Morgan fingerprint density at radius 1 is 1.38 bits per heavy atom. The molecule has 0 N–H and O–H groups in total. The normalized spacial score (nSPS) is 17.9. The van der Waals surface area contributed by atoms with Gasteiger partial charge in [-0.15, -0.1) is 0 Å². The smallest absolute Gasteiger partial charge is 0.217 e. The van der Waals surface area contributed by atoms with E-state index in [1.165, 1.54) is 0 Å². The third-order valence-corrected chi connectivity index (χ3v) is 2.63. The Balaban J connectivity index is 2.35. The minimum absolute atomic E-state index is 0.109. The molecule has 16 heavy (non-hydrogen) atoms. The predicted octanol–water partition coefficient (Wildman–Crippen LogP) is 2.56. The van der Waals surface area contributed by atoms with Gasteiger partial charge in [-0.1, -0.05) is 0 Å². The molecule has 1 aliphatic heterocycles. The van der Waals surface area contributed by atoms with E-state index in [4.69, 9.17) is 9.47 Å². The zero-order chi connectivity index (χ0) is 11.8. The standard InChI is InChI=1S/C13H17NO2/c1-9-7-10(15-4)5-6-11(9)12-14-13(2,3)8-16-12/h5-7H,8H2,1-4H3. The van der Waals surface area contributed by atoms with E-state index in [2.05, 4.69) is 18.8 Å². The van der Waals surface area contributed by atoms with Crippen molar-refractivity contribution in [3.05, 3.63) is 29.3 Å². The first kappa shape index (κ1) is 11.0. The number of ether oxygens (including phenoxy) is 2. The highest BCUT2D eigenvalue weighted by atomic mass is 16.5. The van der Waals surface area contributed by atoms with Crippen molar-refractivity contribution < 1.29 is 9.47 Å². The Labute approximate surface area is 96.1 Å². The van der Waals surface area contributed by atoms with Gasteiger partial charge < -0.3 is 9.47 Å². The summed E-state index contributed by atoms with van der Waals surface area (Å²) in [7, 11) is 1.67. The number of aliphatic imine (C=N–C) groups is 1. The minimum atomic E-state index is -0.109. The van der Waals surface area contributed by atoms with Gasteiger partial charge in [-0.05, 0) is 44.5 Å². The zero-order valence-electron chi connectivity index (χ0n) is 10.2. The van der Waals surface area contributed by atoms with Gasteiger partial charge in [0.15, 0.2) is 0 Å². The van der Waals surface area contributed by atoms with Crippen LogP contribution in [0.5, 0.6) is 5.75 Å². The monoisotopic (exact) mass is 219 g/mol. The lowest BCUT2D eigenvalue weighted by Gasteiger charge is -2.07. The lowest BCUT2D eigenvalue weighted by Crippen LogP contribution is -2.17. The highest BCUT2D eigenvalue weighted by Gasteiger charge is 2.27. The quantitative estimate of drug-likeness (QED) is 0.765. The van der Waals surface area contributed by atoms with Crippen molar-refractivity contribution in [2.45, 2.75) is 26.3 Å². The van der Waals surface area contributed by atoms with Crippen molar-refractivity contribution in [2.75, 3.05) is 13.7 Å². The van der Waals surface area contributed by atoms with Gasteiger partial charge >= 0.3 is 0 Å².